The number of para-hydroxylation sites is 4. The van der Waals surface area contributed by atoms with Crippen LogP contribution in [-0.2, 0) is 0 Å². The van der Waals surface area contributed by atoms with Crippen LogP contribution in [0.5, 0.6) is 0 Å². The second-order valence-corrected chi connectivity index (χ2v) is 9.56. The number of anilines is 4. The van der Waals surface area contributed by atoms with Gasteiger partial charge in [0.1, 0.15) is 5.58 Å². The van der Waals surface area contributed by atoms with E-state index >= 15 is 0 Å². The number of alkyl halides is 3. The van der Waals surface area contributed by atoms with E-state index in [1.165, 1.54) is 11.1 Å². The first-order chi connectivity index (χ1) is 21.0. The molecule has 6 aromatic rings. The Morgan fingerprint density at radius 1 is 0.581 bits per heavy atom. The molecule has 1 aromatic heterocycles. The monoisotopic (exact) mass is 574 g/mol. The third-order valence-corrected chi connectivity index (χ3v) is 6.57. The number of hydrogen-bond donors (Lipinski definition) is 0. The van der Waals surface area contributed by atoms with Gasteiger partial charge >= 0.3 is 6.18 Å². The van der Waals surface area contributed by atoms with Gasteiger partial charge in [0.2, 0.25) is 5.71 Å². The Bertz CT molecular complexity index is 1770. The summed E-state index contributed by atoms with van der Waals surface area (Å²) in [6, 6.07) is 43.2. The molecule has 0 fully saturated rings. The Morgan fingerprint density at radius 3 is 1.51 bits per heavy atom. The van der Waals surface area contributed by atoms with Crippen LogP contribution in [0.15, 0.2) is 160 Å². The molecule has 0 radical (unpaired) electrons. The summed E-state index contributed by atoms with van der Waals surface area (Å²) in [5.74, 6) is -0.386. The van der Waals surface area contributed by atoms with Crippen LogP contribution < -0.4 is 10.0 Å². The maximum atomic E-state index is 14.5. The van der Waals surface area contributed by atoms with Crippen LogP contribution in [0, 0.1) is 0 Å². The van der Waals surface area contributed by atoms with E-state index in [-0.39, 0.29) is 5.76 Å². The lowest BCUT2D eigenvalue weighted by Crippen LogP contribution is -2.27. The SMILES string of the molecule is FC(F)(F)/C(=N\N(c1ccccc1)c1ccccc1)c1cc2cc(/C=N/N(c3ccccc3)c3ccccc3)ccc2o1. The summed E-state index contributed by atoms with van der Waals surface area (Å²) in [4.78, 5) is 0. The molecule has 0 aliphatic rings. The maximum absolute atomic E-state index is 14.5. The molecular formula is C35H25F3N4O. The van der Waals surface area contributed by atoms with Gasteiger partial charge in [0.05, 0.1) is 29.0 Å². The van der Waals surface area contributed by atoms with Crippen molar-refractivity contribution in [3.63, 3.8) is 0 Å². The number of furan rings is 1. The van der Waals surface area contributed by atoms with Crippen LogP contribution in [0.25, 0.3) is 11.0 Å². The van der Waals surface area contributed by atoms with Crippen molar-refractivity contribution in [1.82, 2.24) is 0 Å². The highest BCUT2D eigenvalue weighted by atomic mass is 19.4. The third-order valence-electron chi connectivity index (χ3n) is 6.57. The quantitative estimate of drug-likeness (QED) is 0.134. The summed E-state index contributed by atoms with van der Waals surface area (Å²) < 4.78 is 49.2. The molecule has 212 valence electrons. The van der Waals surface area contributed by atoms with Crippen LogP contribution in [0.1, 0.15) is 11.3 Å². The molecule has 0 amide bonds. The third kappa shape index (κ3) is 6.33. The minimum atomic E-state index is -4.79. The normalized spacial score (nSPS) is 12.1. The second-order valence-electron chi connectivity index (χ2n) is 9.56. The number of halogens is 3. The average Bonchev–Trinajstić information content (AvgIpc) is 3.46. The second kappa shape index (κ2) is 12.1. The van der Waals surface area contributed by atoms with Gasteiger partial charge < -0.3 is 4.42 Å². The van der Waals surface area contributed by atoms with Gasteiger partial charge in [-0.25, -0.2) is 10.0 Å². The zero-order valence-corrected chi connectivity index (χ0v) is 22.8. The summed E-state index contributed by atoms with van der Waals surface area (Å²) in [5, 5.41) is 12.3. The Hall–Kier alpha value is -5.63. The zero-order valence-electron chi connectivity index (χ0n) is 22.8. The van der Waals surface area contributed by atoms with Gasteiger partial charge in [-0.15, -0.1) is 0 Å². The molecule has 0 N–H and O–H groups in total. The molecule has 6 rings (SSSR count). The summed E-state index contributed by atoms with van der Waals surface area (Å²) in [6.45, 7) is 0. The molecule has 0 aliphatic heterocycles. The van der Waals surface area contributed by atoms with E-state index in [0.717, 1.165) is 11.4 Å². The molecule has 0 spiro atoms. The van der Waals surface area contributed by atoms with Gasteiger partial charge in [0, 0.05) is 5.39 Å². The number of hydrazone groups is 2. The first-order valence-electron chi connectivity index (χ1n) is 13.5. The van der Waals surface area contributed by atoms with Crippen LogP contribution >= 0.6 is 0 Å². The maximum Gasteiger partial charge on any atom is 0.438 e. The predicted molar refractivity (Wildman–Crippen MR) is 166 cm³/mol. The molecule has 5 aromatic carbocycles. The zero-order chi connectivity index (χ0) is 29.6. The molecule has 1 heterocycles. The molecule has 8 heteroatoms. The summed E-state index contributed by atoms with van der Waals surface area (Å²) in [6.07, 6.45) is -3.12. The molecule has 0 atom stereocenters. The van der Waals surface area contributed by atoms with E-state index in [9.17, 15) is 13.2 Å². The Morgan fingerprint density at radius 2 is 1.05 bits per heavy atom. The van der Waals surface area contributed by atoms with Crippen LogP contribution in [-0.4, -0.2) is 18.1 Å². The molecule has 0 saturated heterocycles. The fraction of sp³-hybridized carbons (Fsp3) is 0.0286. The van der Waals surface area contributed by atoms with Crippen molar-refractivity contribution in [2.24, 2.45) is 10.2 Å². The van der Waals surface area contributed by atoms with E-state index in [4.69, 9.17) is 9.52 Å². The van der Waals surface area contributed by atoms with Crippen molar-refractivity contribution in [2.45, 2.75) is 6.18 Å². The molecule has 0 bridgehead atoms. The molecule has 0 aliphatic carbocycles. The minimum absolute atomic E-state index is 0.304. The van der Waals surface area contributed by atoms with Crippen molar-refractivity contribution in [3.05, 3.63) is 157 Å². The molecule has 5 nitrogen and oxygen atoms in total. The molecule has 0 unspecified atom stereocenters. The minimum Gasteiger partial charge on any atom is -0.454 e. The lowest BCUT2D eigenvalue weighted by molar-refractivity contribution is -0.0590. The van der Waals surface area contributed by atoms with Gasteiger partial charge in [-0.05, 0) is 78.4 Å². The van der Waals surface area contributed by atoms with E-state index < -0.39 is 11.9 Å². The largest absolute Gasteiger partial charge is 0.454 e. The number of fused-ring (bicyclic) bond motifs is 1. The van der Waals surface area contributed by atoms with E-state index in [1.54, 1.807) is 90.1 Å². The predicted octanol–water partition coefficient (Wildman–Crippen LogP) is 9.71. The number of benzene rings is 5. The van der Waals surface area contributed by atoms with Gasteiger partial charge in [-0.1, -0.05) is 72.8 Å². The number of rotatable bonds is 8. The van der Waals surface area contributed by atoms with Gasteiger partial charge in [0.15, 0.2) is 5.76 Å². The van der Waals surface area contributed by atoms with Crippen molar-refractivity contribution in [1.29, 1.82) is 0 Å². The fourth-order valence-corrected chi connectivity index (χ4v) is 4.55. The van der Waals surface area contributed by atoms with Crippen molar-refractivity contribution < 1.29 is 17.6 Å². The Kier molecular flexibility index (Phi) is 7.74. The fourth-order valence-electron chi connectivity index (χ4n) is 4.55. The lowest BCUT2D eigenvalue weighted by Gasteiger charge is -2.21. The van der Waals surface area contributed by atoms with Crippen molar-refractivity contribution in [3.8, 4) is 0 Å². The Balaban J connectivity index is 1.37. The lowest BCUT2D eigenvalue weighted by atomic mass is 10.1. The summed E-state index contributed by atoms with van der Waals surface area (Å²) >= 11 is 0. The molecule has 43 heavy (non-hydrogen) atoms. The van der Waals surface area contributed by atoms with E-state index in [0.29, 0.717) is 27.9 Å². The first-order valence-corrected chi connectivity index (χ1v) is 13.5. The molecule has 0 saturated carbocycles. The smallest absolute Gasteiger partial charge is 0.438 e. The first kappa shape index (κ1) is 27.5. The summed E-state index contributed by atoms with van der Waals surface area (Å²) in [5.41, 5.74) is 2.53. The summed E-state index contributed by atoms with van der Waals surface area (Å²) in [7, 11) is 0. The topological polar surface area (TPSA) is 44.3 Å². The van der Waals surface area contributed by atoms with Gasteiger partial charge in [-0.2, -0.15) is 23.4 Å². The van der Waals surface area contributed by atoms with Crippen molar-refractivity contribution >= 4 is 45.6 Å². The number of hydrogen-bond acceptors (Lipinski definition) is 5. The van der Waals surface area contributed by atoms with Gasteiger partial charge in [-0.3, -0.25) is 0 Å². The van der Waals surface area contributed by atoms with E-state index in [2.05, 4.69) is 5.10 Å². The highest BCUT2D eigenvalue weighted by molar-refractivity contribution is 6.06. The van der Waals surface area contributed by atoms with Crippen LogP contribution in [0.4, 0.5) is 35.9 Å². The van der Waals surface area contributed by atoms with Crippen LogP contribution in [0.2, 0.25) is 0 Å². The molecular weight excluding hydrogens is 549 g/mol. The highest BCUT2D eigenvalue weighted by Gasteiger charge is 2.40. The number of nitrogens with zero attached hydrogens (tertiary/aromatic N) is 4. The van der Waals surface area contributed by atoms with Gasteiger partial charge in [0.25, 0.3) is 0 Å². The standard InChI is InChI=1S/C35H25F3N4O/c36-35(37,38)34(40-42(30-17-9-3-10-18-30)31-19-11-4-12-20-31)33-24-27-23-26(21-22-32(27)43-33)25-39-41(28-13-5-1-6-14-28)29-15-7-2-8-16-29/h1-25H/b39-25+,40-34-. The van der Waals surface area contributed by atoms with E-state index in [1.807, 2.05) is 60.7 Å². The Labute approximate surface area is 246 Å². The van der Waals surface area contributed by atoms with Crippen LogP contribution in [0.3, 0.4) is 0 Å². The highest BCUT2D eigenvalue weighted by Crippen LogP contribution is 2.32. The average molecular weight is 575 g/mol. The van der Waals surface area contributed by atoms with Crippen molar-refractivity contribution in [2.75, 3.05) is 10.0 Å².